The number of imidazole rings is 1. The first kappa shape index (κ1) is 23.7. The first-order valence-electron chi connectivity index (χ1n) is 11.8. The lowest BCUT2D eigenvalue weighted by Gasteiger charge is -2.17. The molecule has 6 rings (SSSR count). The number of benzene rings is 1. The standard InChI is InChI=1S/C24H26ClFN4O6/c1-32-4-5-33-12-6-11-2-3-15(19(11)14(26)7-12)27-22-13(25)8-16-23(29-22)30-24(28-16)36-18-10-35-20-17(31)9-34-21(18)20/h6-8,15,17-18,20-21,31H,2-5,9-10H2,1H3,(H2,27,28,29,30)/t15-,17+,18+,20+,21+/m0/s1. The number of rotatable bonds is 8. The van der Waals surface area contributed by atoms with Gasteiger partial charge in [-0.3, -0.25) is 0 Å². The molecule has 0 radical (unpaired) electrons. The van der Waals surface area contributed by atoms with Crippen LogP contribution in [0.2, 0.25) is 5.02 Å². The Balaban J connectivity index is 1.18. The van der Waals surface area contributed by atoms with Gasteiger partial charge in [0, 0.05) is 18.7 Å². The molecule has 0 unspecified atom stereocenters. The molecule has 12 heteroatoms. The van der Waals surface area contributed by atoms with E-state index in [-0.39, 0.29) is 37.2 Å². The first-order valence-corrected chi connectivity index (χ1v) is 12.2. The second-order valence-corrected chi connectivity index (χ2v) is 9.51. The van der Waals surface area contributed by atoms with Gasteiger partial charge in [0.25, 0.3) is 6.01 Å². The van der Waals surface area contributed by atoms with Crippen LogP contribution >= 0.6 is 11.6 Å². The molecule has 2 saturated heterocycles. The minimum atomic E-state index is -0.659. The van der Waals surface area contributed by atoms with Crippen LogP contribution in [0, 0.1) is 5.82 Å². The van der Waals surface area contributed by atoms with Crippen LogP contribution < -0.4 is 14.8 Å². The Morgan fingerprint density at radius 1 is 1.19 bits per heavy atom. The number of aliphatic hydroxyl groups is 1. The van der Waals surface area contributed by atoms with Crippen LogP contribution in [-0.2, 0) is 20.6 Å². The molecule has 36 heavy (non-hydrogen) atoms. The maximum Gasteiger partial charge on any atom is 0.296 e. The minimum absolute atomic E-state index is 0.217. The number of hydrogen-bond acceptors (Lipinski definition) is 9. The van der Waals surface area contributed by atoms with Crippen molar-refractivity contribution in [3.63, 3.8) is 0 Å². The van der Waals surface area contributed by atoms with Crippen LogP contribution in [0.15, 0.2) is 18.2 Å². The van der Waals surface area contributed by atoms with Crippen LogP contribution in [0.1, 0.15) is 23.6 Å². The molecule has 1 aliphatic carbocycles. The van der Waals surface area contributed by atoms with E-state index in [1.54, 1.807) is 13.2 Å². The summed E-state index contributed by atoms with van der Waals surface area (Å²) in [5, 5.41) is 13.6. The van der Waals surface area contributed by atoms with Crippen molar-refractivity contribution in [2.24, 2.45) is 0 Å². The number of fused-ring (bicyclic) bond motifs is 3. The van der Waals surface area contributed by atoms with E-state index in [1.807, 2.05) is 6.07 Å². The van der Waals surface area contributed by atoms with Crippen molar-refractivity contribution < 1.29 is 33.2 Å². The van der Waals surface area contributed by atoms with Gasteiger partial charge in [0.05, 0.1) is 36.4 Å². The largest absolute Gasteiger partial charge is 0.491 e. The topological polar surface area (TPSA) is 120 Å². The fourth-order valence-corrected chi connectivity index (χ4v) is 5.27. The highest BCUT2D eigenvalue weighted by Crippen LogP contribution is 2.39. The second kappa shape index (κ2) is 9.64. The van der Waals surface area contributed by atoms with Gasteiger partial charge >= 0.3 is 0 Å². The molecule has 1 aromatic carbocycles. The number of halogens is 2. The van der Waals surface area contributed by atoms with Gasteiger partial charge in [-0.15, -0.1) is 0 Å². The van der Waals surface area contributed by atoms with Crippen molar-refractivity contribution in [2.45, 2.75) is 43.3 Å². The zero-order chi connectivity index (χ0) is 24.8. The van der Waals surface area contributed by atoms with Gasteiger partial charge < -0.3 is 39.1 Å². The summed E-state index contributed by atoms with van der Waals surface area (Å²) in [6.07, 6.45) is -0.422. The van der Waals surface area contributed by atoms with Gasteiger partial charge in [0.1, 0.15) is 42.3 Å². The number of nitrogens with one attached hydrogen (secondary N) is 2. The first-order chi connectivity index (χ1) is 17.5. The predicted octanol–water partition coefficient (Wildman–Crippen LogP) is 2.78. The highest BCUT2D eigenvalue weighted by atomic mass is 35.5. The fourth-order valence-electron chi connectivity index (χ4n) is 5.07. The number of aryl methyl sites for hydroxylation is 1. The zero-order valence-corrected chi connectivity index (χ0v) is 20.3. The Labute approximate surface area is 211 Å². The van der Waals surface area contributed by atoms with E-state index in [2.05, 4.69) is 20.3 Å². The molecule has 0 amide bonds. The Hall–Kier alpha value is -2.70. The van der Waals surface area contributed by atoms with Crippen LogP contribution in [0.25, 0.3) is 11.2 Å². The molecule has 3 N–H and O–H groups in total. The van der Waals surface area contributed by atoms with Crippen molar-refractivity contribution in [3.05, 3.63) is 40.2 Å². The molecule has 4 heterocycles. The van der Waals surface area contributed by atoms with Crippen molar-refractivity contribution >= 4 is 28.6 Å². The maximum atomic E-state index is 15.0. The Morgan fingerprint density at radius 3 is 2.92 bits per heavy atom. The van der Waals surface area contributed by atoms with E-state index >= 15 is 4.39 Å². The third-order valence-corrected chi connectivity index (χ3v) is 7.04. The van der Waals surface area contributed by atoms with E-state index in [0.717, 1.165) is 5.56 Å². The molecule has 0 bridgehead atoms. The number of pyridine rings is 1. The summed E-state index contributed by atoms with van der Waals surface area (Å²) in [5.74, 6) is 0.562. The molecule has 2 fully saturated rings. The summed E-state index contributed by atoms with van der Waals surface area (Å²) in [5.41, 5.74) is 2.48. The monoisotopic (exact) mass is 520 g/mol. The molecule has 3 aromatic rings. The Kier molecular flexibility index (Phi) is 6.34. The zero-order valence-electron chi connectivity index (χ0n) is 19.5. The van der Waals surface area contributed by atoms with Gasteiger partial charge in [-0.25, -0.2) is 9.37 Å². The summed E-state index contributed by atoms with van der Waals surface area (Å²) < 4.78 is 42.7. The van der Waals surface area contributed by atoms with E-state index in [0.29, 0.717) is 59.4 Å². The molecular weight excluding hydrogens is 495 g/mol. The number of aliphatic hydroxyl groups excluding tert-OH is 1. The maximum absolute atomic E-state index is 15.0. The fraction of sp³-hybridized carbons (Fsp3) is 0.500. The summed E-state index contributed by atoms with van der Waals surface area (Å²) in [4.78, 5) is 12.0. The average molecular weight is 521 g/mol. The number of nitrogens with zero attached hydrogens (tertiary/aromatic N) is 2. The van der Waals surface area contributed by atoms with Crippen LogP contribution in [0.5, 0.6) is 11.8 Å². The quantitative estimate of drug-likeness (QED) is 0.385. The number of hydrogen-bond donors (Lipinski definition) is 3. The summed E-state index contributed by atoms with van der Waals surface area (Å²) in [6.45, 7) is 1.29. The number of aromatic amines is 1. The van der Waals surface area contributed by atoms with Crippen molar-refractivity contribution in [2.75, 3.05) is 38.9 Å². The lowest BCUT2D eigenvalue weighted by atomic mass is 10.1. The summed E-state index contributed by atoms with van der Waals surface area (Å²) in [7, 11) is 1.59. The number of aromatic nitrogens is 3. The van der Waals surface area contributed by atoms with E-state index in [1.165, 1.54) is 6.07 Å². The molecule has 192 valence electrons. The minimum Gasteiger partial charge on any atom is -0.491 e. The number of methoxy groups -OCH3 is 1. The Bertz CT molecular complexity index is 1280. The molecule has 10 nitrogen and oxygen atoms in total. The SMILES string of the molecule is COCCOc1cc(F)c2c(c1)CC[C@@H]2Nc1nc2nc(O[C@@H]3CO[C@H]4[C@@H]3OC[C@H]4O)[nH]c2cc1Cl. The molecular formula is C24H26ClFN4O6. The van der Waals surface area contributed by atoms with Gasteiger partial charge in [-0.1, -0.05) is 11.6 Å². The second-order valence-electron chi connectivity index (χ2n) is 9.11. The molecule has 0 spiro atoms. The highest BCUT2D eigenvalue weighted by Gasteiger charge is 2.48. The van der Waals surface area contributed by atoms with Gasteiger partial charge in [0.15, 0.2) is 11.8 Å². The number of H-pyrrole nitrogens is 1. The highest BCUT2D eigenvalue weighted by molar-refractivity contribution is 6.33. The Morgan fingerprint density at radius 2 is 2.06 bits per heavy atom. The third kappa shape index (κ3) is 4.35. The van der Waals surface area contributed by atoms with Gasteiger partial charge in [-0.2, -0.15) is 4.98 Å². The van der Waals surface area contributed by atoms with Crippen molar-refractivity contribution in [1.29, 1.82) is 0 Å². The van der Waals surface area contributed by atoms with Crippen molar-refractivity contribution in [3.8, 4) is 11.8 Å². The third-order valence-electron chi connectivity index (χ3n) is 6.76. The van der Waals surface area contributed by atoms with Gasteiger partial charge in [-0.05, 0) is 30.5 Å². The smallest absolute Gasteiger partial charge is 0.296 e. The number of ether oxygens (including phenoxy) is 5. The summed E-state index contributed by atoms with van der Waals surface area (Å²) in [6, 6.07) is 4.94. The lowest BCUT2D eigenvalue weighted by Crippen LogP contribution is -2.34. The van der Waals surface area contributed by atoms with Crippen LogP contribution in [-0.4, -0.2) is 78.0 Å². The predicted molar refractivity (Wildman–Crippen MR) is 127 cm³/mol. The average Bonchev–Trinajstić information content (AvgIpc) is 3.61. The molecule has 0 saturated carbocycles. The van der Waals surface area contributed by atoms with Crippen LogP contribution in [0.3, 0.4) is 0 Å². The molecule has 2 aromatic heterocycles. The lowest BCUT2D eigenvalue weighted by molar-refractivity contribution is 0.00706. The van der Waals surface area contributed by atoms with E-state index in [4.69, 9.17) is 35.3 Å². The van der Waals surface area contributed by atoms with Crippen LogP contribution in [0.4, 0.5) is 10.2 Å². The molecule has 3 aliphatic rings. The van der Waals surface area contributed by atoms with Gasteiger partial charge in [0.2, 0.25) is 0 Å². The number of anilines is 1. The normalized spacial score (nSPS) is 26.8. The van der Waals surface area contributed by atoms with Crippen molar-refractivity contribution in [1.82, 2.24) is 15.0 Å². The molecule has 5 atom stereocenters. The molecule has 2 aliphatic heterocycles. The summed E-state index contributed by atoms with van der Waals surface area (Å²) >= 11 is 6.51. The van der Waals surface area contributed by atoms with E-state index < -0.39 is 18.3 Å². The van der Waals surface area contributed by atoms with E-state index in [9.17, 15) is 5.11 Å².